The van der Waals surface area contributed by atoms with Gasteiger partial charge >= 0.3 is 0 Å². The Morgan fingerprint density at radius 3 is 2.31 bits per heavy atom. The van der Waals surface area contributed by atoms with Gasteiger partial charge in [0.15, 0.2) is 0 Å². The molecular weight excluding hydrogens is 673 g/mol. The fourth-order valence-corrected chi connectivity index (χ4v) is 9.15. The number of rotatable bonds is 9. The molecule has 3 atom stereocenters. The summed E-state index contributed by atoms with van der Waals surface area (Å²) in [6.07, 6.45) is 9.09. The van der Waals surface area contributed by atoms with Crippen molar-refractivity contribution >= 4 is 21.8 Å². The average molecular weight is 735 g/mol. The molecule has 0 N–H and O–H groups in total. The van der Waals surface area contributed by atoms with Gasteiger partial charge in [0.1, 0.15) is 17.3 Å². The van der Waals surface area contributed by atoms with Crippen LogP contribution in [-0.4, -0.2) is 19.3 Å². The highest BCUT2D eigenvalue weighted by atomic mass is 16.5. The maximum atomic E-state index is 6.85. The zero-order chi connectivity index (χ0) is 39.4. The summed E-state index contributed by atoms with van der Waals surface area (Å²) in [5.41, 5.74) is 11.3. The third-order valence-corrected chi connectivity index (χ3v) is 12.0. The van der Waals surface area contributed by atoms with E-state index in [0.29, 0.717) is 23.7 Å². The molecule has 7 rings (SSSR count). The molecule has 0 aliphatic heterocycles. The molecule has 0 bridgehead atoms. The van der Waals surface area contributed by atoms with Gasteiger partial charge in [-0.05, 0) is 115 Å². The van der Waals surface area contributed by atoms with Crippen LogP contribution in [0.5, 0.6) is 11.5 Å². The fraction of sp³-hybridized carbons (Fsp3) is 0.440. The Morgan fingerprint density at radius 2 is 1.60 bits per heavy atom. The molecule has 0 fully saturated rings. The molecule has 0 amide bonds. The molecule has 0 radical (unpaired) electrons. The van der Waals surface area contributed by atoms with E-state index in [4.69, 9.17) is 14.8 Å². The molecule has 5 nitrogen and oxygen atoms in total. The van der Waals surface area contributed by atoms with Crippen molar-refractivity contribution in [1.82, 2.24) is 19.3 Å². The van der Waals surface area contributed by atoms with Crippen molar-refractivity contribution in [1.29, 1.82) is 0 Å². The highest BCUT2D eigenvalue weighted by Gasteiger charge is 2.44. The van der Waals surface area contributed by atoms with E-state index in [9.17, 15) is 0 Å². The molecule has 3 aromatic heterocycles. The van der Waals surface area contributed by atoms with Crippen LogP contribution < -0.4 is 4.74 Å². The molecule has 3 heterocycles. The van der Waals surface area contributed by atoms with E-state index in [-0.39, 0.29) is 10.8 Å². The standard InChI is InChI=1S/C50H62N4O/c1-13-14-17-35-22-23-51-46(26-35)53-44-19-16-15-18-40(44)41-21-20-38(30-45(41)53)55-39-28-36(31(2)3)27-37(29-39)54-34(6)47(33(5)52-54)48-42(49(7,8)9)24-32(4)25-43(48)50(10,11)12/h15-16,18-24,26-32,43,48H,13-14,17,25H2,1-12H3/t32-,43-,48?/m0/s1. The van der Waals surface area contributed by atoms with E-state index in [0.717, 1.165) is 52.6 Å². The Bertz CT molecular complexity index is 2370. The third-order valence-electron chi connectivity index (χ3n) is 12.0. The van der Waals surface area contributed by atoms with Crippen LogP contribution in [0.1, 0.15) is 128 Å². The smallest absolute Gasteiger partial charge is 0.137 e. The minimum atomic E-state index is 0.0587. The van der Waals surface area contributed by atoms with E-state index in [1.54, 1.807) is 5.57 Å². The number of hydrogen-bond acceptors (Lipinski definition) is 3. The van der Waals surface area contributed by atoms with Crippen LogP contribution in [0.15, 0.2) is 90.6 Å². The summed E-state index contributed by atoms with van der Waals surface area (Å²) in [6.45, 7) is 28.0. The second-order valence-electron chi connectivity index (χ2n) is 18.7. The van der Waals surface area contributed by atoms with Crippen molar-refractivity contribution in [3.05, 3.63) is 119 Å². The highest BCUT2D eigenvalue weighted by Crippen LogP contribution is 2.54. The lowest BCUT2D eigenvalue weighted by atomic mass is 9.58. The summed E-state index contributed by atoms with van der Waals surface area (Å²) in [6, 6.07) is 26.1. The van der Waals surface area contributed by atoms with Gasteiger partial charge in [0.25, 0.3) is 0 Å². The number of aryl methyl sites for hydroxylation is 2. The van der Waals surface area contributed by atoms with Gasteiger partial charge in [0.05, 0.1) is 22.4 Å². The van der Waals surface area contributed by atoms with E-state index >= 15 is 0 Å². The first kappa shape index (κ1) is 38.6. The summed E-state index contributed by atoms with van der Waals surface area (Å²) in [4.78, 5) is 4.88. The quantitative estimate of drug-likeness (QED) is 0.139. The van der Waals surface area contributed by atoms with E-state index in [2.05, 4.69) is 171 Å². The topological polar surface area (TPSA) is 44.9 Å². The fourth-order valence-electron chi connectivity index (χ4n) is 9.15. The Morgan fingerprint density at radius 1 is 0.855 bits per heavy atom. The molecule has 0 saturated carbocycles. The first-order valence-corrected chi connectivity index (χ1v) is 20.6. The summed E-state index contributed by atoms with van der Waals surface area (Å²) in [5.74, 6) is 4.24. The van der Waals surface area contributed by atoms with Crippen LogP contribution >= 0.6 is 0 Å². The Hall–Kier alpha value is -4.64. The number of benzene rings is 3. The van der Waals surface area contributed by atoms with Gasteiger partial charge in [-0.3, -0.25) is 4.57 Å². The van der Waals surface area contributed by atoms with Gasteiger partial charge in [0, 0.05) is 46.3 Å². The first-order chi connectivity index (χ1) is 26.0. The highest BCUT2D eigenvalue weighted by molar-refractivity contribution is 6.09. The minimum Gasteiger partial charge on any atom is -0.457 e. The molecule has 1 unspecified atom stereocenters. The molecule has 0 spiro atoms. The van der Waals surface area contributed by atoms with E-state index in [1.807, 2.05) is 6.20 Å². The predicted molar refractivity (Wildman–Crippen MR) is 231 cm³/mol. The Balaban J connectivity index is 1.32. The van der Waals surface area contributed by atoms with Crippen LogP contribution in [-0.2, 0) is 6.42 Å². The number of nitrogens with zero attached hydrogens (tertiary/aromatic N) is 4. The van der Waals surface area contributed by atoms with Crippen molar-refractivity contribution in [2.75, 3.05) is 0 Å². The molecular formula is C50H62N4O. The lowest BCUT2D eigenvalue weighted by molar-refractivity contribution is 0.162. The number of allylic oxidation sites excluding steroid dienone is 2. The van der Waals surface area contributed by atoms with Crippen molar-refractivity contribution < 1.29 is 4.74 Å². The number of hydrogen-bond donors (Lipinski definition) is 0. The van der Waals surface area contributed by atoms with Crippen LogP contribution in [0.25, 0.3) is 33.3 Å². The van der Waals surface area contributed by atoms with Crippen LogP contribution in [0.2, 0.25) is 0 Å². The number of ether oxygens (including phenoxy) is 1. The number of aromatic nitrogens is 4. The van der Waals surface area contributed by atoms with Crippen molar-refractivity contribution in [2.24, 2.45) is 22.7 Å². The SMILES string of the molecule is CCCCc1ccnc(-n2c3ccccc3c3ccc(Oc4cc(C(C)C)cc(-n5nc(C)c(C6C(C(C)(C)C)=C[C@H](C)C[C@@H]6C(C)(C)C)c5C)c4)cc32)c1. The van der Waals surface area contributed by atoms with Crippen molar-refractivity contribution in [2.45, 2.75) is 121 Å². The van der Waals surface area contributed by atoms with Crippen LogP contribution in [0.4, 0.5) is 0 Å². The average Bonchev–Trinajstić information content (AvgIpc) is 3.62. The van der Waals surface area contributed by atoms with Gasteiger partial charge in [-0.2, -0.15) is 5.10 Å². The molecule has 55 heavy (non-hydrogen) atoms. The largest absolute Gasteiger partial charge is 0.457 e. The maximum absolute atomic E-state index is 6.85. The van der Waals surface area contributed by atoms with Crippen molar-refractivity contribution in [3.63, 3.8) is 0 Å². The zero-order valence-corrected chi connectivity index (χ0v) is 35.4. The van der Waals surface area contributed by atoms with Gasteiger partial charge in [-0.1, -0.05) is 106 Å². The summed E-state index contributed by atoms with van der Waals surface area (Å²) in [5, 5.41) is 7.71. The second-order valence-corrected chi connectivity index (χ2v) is 18.7. The molecule has 1 aliphatic rings. The first-order valence-electron chi connectivity index (χ1n) is 20.6. The van der Waals surface area contributed by atoms with Gasteiger partial charge in [-0.25, -0.2) is 9.67 Å². The minimum absolute atomic E-state index is 0.0587. The number of unbranched alkanes of at least 4 members (excludes halogenated alkanes) is 1. The van der Waals surface area contributed by atoms with Gasteiger partial charge < -0.3 is 4.74 Å². The summed E-state index contributed by atoms with van der Waals surface area (Å²) in [7, 11) is 0. The van der Waals surface area contributed by atoms with E-state index in [1.165, 1.54) is 46.0 Å². The lowest BCUT2D eigenvalue weighted by Crippen LogP contribution is -2.36. The van der Waals surface area contributed by atoms with Crippen LogP contribution in [0, 0.1) is 36.5 Å². The number of fused-ring (bicyclic) bond motifs is 3. The Labute approximate surface area is 329 Å². The summed E-state index contributed by atoms with van der Waals surface area (Å²) < 4.78 is 11.3. The second kappa shape index (κ2) is 14.8. The van der Waals surface area contributed by atoms with E-state index < -0.39 is 0 Å². The maximum Gasteiger partial charge on any atom is 0.137 e. The molecule has 3 aromatic carbocycles. The predicted octanol–water partition coefficient (Wildman–Crippen LogP) is 14.0. The molecule has 5 heteroatoms. The molecule has 6 aromatic rings. The molecule has 1 aliphatic carbocycles. The zero-order valence-electron chi connectivity index (χ0n) is 35.4. The third kappa shape index (κ3) is 7.52. The lowest BCUT2D eigenvalue weighted by Gasteiger charge is -2.46. The number of para-hydroxylation sites is 1. The molecule has 288 valence electrons. The number of pyridine rings is 1. The van der Waals surface area contributed by atoms with Crippen molar-refractivity contribution in [3.8, 4) is 23.0 Å². The molecule has 0 saturated heterocycles. The van der Waals surface area contributed by atoms with Gasteiger partial charge in [-0.15, -0.1) is 0 Å². The van der Waals surface area contributed by atoms with Gasteiger partial charge in [0.2, 0.25) is 0 Å². The Kier molecular flexibility index (Phi) is 10.4. The summed E-state index contributed by atoms with van der Waals surface area (Å²) >= 11 is 0. The van der Waals surface area contributed by atoms with Crippen LogP contribution in [0.3, 0.4) is 0 Å². The normalized spacial score (nSPS) is 18.1. The monoisotopic (exact) mass is 734 g/mol.